The van der Waals surface area contributed by atoms with E-state index in [1.54, 1.807) is 16.4 Å². The number of nitrogens with zero attached hydrogens (tertiary/aromatic N) is 1. The summed E-state index contributed by atoms with van der Waals surface area (Å²) in [6.45, 7) is 12.6. The molecule has 1 aliphatic heterocycles. The van der Waals surface area contributed by atoms with Crippen molar-refractivity contribution in [3.05, 3.63) is 54.6 Å². The van der Waals surface area contributed by atoms with Crippen molar-refractivity contribution < 1.29 is 8.42 Å². The maximum Gasteiger partial charge on any atom is 0.243 e. The summed E-state index contributed by atoms with van der Waals surface area (Å²) in [7, 11) is -3.49. The van der Waals surface area contributed by atoms with Crippen LogP contribution in [0.5, 0.6) is 0 Å². The Bertz CT molecular complexity index is 661. The Morgan fingerprint density at radius 3 is 2.48 bits per heavy atom. The van der Waals surface area contributed by atoms with Crippen LogP contribution in [-0.4, -0.2) is 25.3 Å². The van der Waals surface area contributed by atoms with Crippen LogP contribution in [-0.2, 0) is 10.0 Å². The van der Waals surface area contributed by atoms with E-state index < -0.39 is 10.0 Å². The second kappa shape index (κ2) is 7.45. The largest absolute Gasteiger partial charge is 0.243 e. The molecular formula is C19H27NO2S. The van der Waals surface area contributed by atoms with Crippen molar-refractivity contribution in [1.29, 1.82) is 0 Å². The van der Waals surface area contributed by atoms with Gasteiger partial charge in [0.1, 0.15) is 0 Å². The summed E-state index contributed by atoms with van der Waals surface area (Å²) < 4.78 is 27.7. The third-order valence-electron chi connectivity index (χ3n) is 4.62. The van der Waals surface area contributed by atoms with Gasteiger partial charge in [0, 0.05) is 18.5 Å². The summed E-state index contributed by atoms with van der Waals surface area (Å²) in [5, 5.41) is 0. The second-order valence-electron chi connectivity index (χ2n) is 6.32. The lowest BCUT2D eigenvalue weighted by Crippen LogP contribution is -2.36. The number of sulfonamides is 1. The summed E-state index contributed by atoms with van der Waals surface area (Å²) in [4.78, 5) is 0.362. The van der Waals surface area contributed by atoms with Crippen LogP contribution in [0.2, 0.25) is 0 Å². The summed E-state index contributed by atoms with van der Waals surface area (Å²) >= 11 is 0. The van der Waals surface area contributed by atoms with Crippen LogP contribution in [0, 0.1) is 12.8 Å². The third kappa shape index (κ3) is 3.75. The van der Waals surface area contributed by atoms with Crippen molar-refractivity contribution in [2.24, 2.45) is 5.92 Å². The minimum atomic E-state index is -3.49. The molecule has 2 atom stereocenters. The molecule has 0 aliphatic carbocycles. The highest BCUT2D eigenvalue weighted by Crippen LogP contribution is 2.36. The van der Waals surface area contributed by atoms with E-state index in [9.17, 15) is 8.42 Å². The zero-order chi connectivity index (χ0) is 17.0. The predicted octanol–water partition coefficient (Wildman–Crippen LogP) is 4.31. The van der Waals surface area contributed by atoms with E-state index in [2.05, 4.69) is 20.1 Å². The van der Waals surface area contributed by atoms with Gasteiger partial charge in [-0.05, 0) is 25.5 Å². The zero-order valence-corrected chi connectivity index (χ0v) is 15.0. The smallest absolute Gasteiger partial charge is 0.207 e. The lowest BCUT2D eigenvalue weighted by Gasteiger charge is -2.24. The molecule has 2 rings (SSSR count). The molecule has 1 fully saturated rings. The molecule has 1 aromatic rings. The van der Waals surface area contributed by atoms with Crippen LogP contribution < -0.4 is 0 Å². The molecule has 0 saturated carbocycles. The van der Waals surface area contributed by atoms with Gasteiger partial charge in [-0.15, -0.1) is 6.58 Å². The number of hydrogen-bond donors (Lipinski definition) is 0. The molecule has 23 heavy (non-hydrogen) atoms. The Morgan fingerprint density at radius 2 is 1.91 bits per heavy atom. The predicted molar refractivity (Wildman–Crippen MR) is 95.8 cm³/mol. The average Bonchev–Trinajstić information content (AvgIpc) is 2.85. The number of rotatable bonds is 7. The van der Waals surface area contributed by atoms with Crippen molar-refractivity contribution in [2.45, 2.75) is 50.5 Å². The highest BCUT2D eigenvalue weighted by molar-refractivity contribution is 7.89. The Kier molecular flexibility index (Phi) is 5.82. The maximum atomic E-state index is 13.0. The average molecular weight is 333 g/mol. The first-order valence-corrected chi connectivity index (χ1v) is 9.75. The van der Waals surface area contributed by atoms with Gasteiger partial charge in [-0.2, -0.15) is 4.31 Å². The Balaban J connectivity index is 2.31. The van der Waals surface area contributed by atoms with E-state index in [0.717, 1.165) is 36.8 Å². The van der Waals surface area contributed by atoms with Crippen molar-refractivity contribution >= 4 is 10.0 Å². The number of aryl methyl sites for hydroxylation is 1. The molecule has 0 aromatic heterocycles. The van der Waals surface area contributed by atoms with Crippen LogP contribution in [0.4, 0.5) is 0 Å². The van der Waals surface area contributed by atoms with Gasteiger partial charge in [-0.25, -0.2) is 8.42 Å². The van der Waals surface area contributed by atoms with Crippen LogP contribution in [0.25, 0.3) is 0 Å². The lowest BCUT2D eigenvalue weighted by molar-refractivity contribution is 0.379. The molecule has 0 spiro atoms. The normalized spacial score (nSPS) is 22.4. The second-order valence-corrected chi connectivity index (χ2v) is 8.21. The molecule has 1 saturated heterocycles. The van der Waals surface area contributed by atoms with Gasteiger partial charge in [-0.3, -0.25) is 0 Å². The van der Waals surface area contributed by atoms with E-state index in [4.69, 9.17) is 0 Å². The van der Waals surface area contributed by atoms with Crippen molar-refractivity contribution in [2.75, 3.05) is 6.54 Å². The summed E-state index contributed by atoms with van der Waals surface area (Å²) in [5.74, 6) is 0.0434. The molecule has 126 valence electrons. The molecule has 0 N–H and O–H groups in total. The molecule has 0 bridgehead atoms. The summed E-state index contributed by atoms with van der Waals surface area (Å²) in [6, 6.07) is 6.95. The molecule has 2 unspecified atom stereocenters. The SMILES string of the molecule is C=CC1CN(S(=O)(=O)c2ccc(C)cc2)C(CCCCC)C1=C. The van der Waals surface area contributed by atoms with Gasteiger partial charge in [0.25, 0.3) is 0 Å². The molecule has 3 nitrogen and oxygen atoms in total. The van der Waals surface area contributed by atoms with Crippen LogP contribution >= 0.6 is 0 Å². The quantitative estimate of drug-likeness (QED) is 0.551. The van der Waals surface area contributed by atoms with Gasteiger partial charge >= 0.3 is 0 Å². The first-order chi connectivity index (χ1) is 10.9. The van der Waals surface area contributed by atoms with E-state index in [-0.39, 0.29) is 12.0 Å². The van der Waals surface area contributed by atoms with Crippen molar-refractivity contribution in [3.63, 3.8) is 0 Å². The molecular weight excluding hydrogens is 306 g/mol. The zero-order valence-electron chi connectivity index (χ0n) is 14.2. The first kappa shape index (κ1) is 18.0. The van der Waals surface area contributed by atoms with Crippen molar-refractivity contribution in [3.8, 4) is 0 Å². The van der Waals surface area contributed by atoms with Crippen LogP contribution in [0.3, 0.4) is 0 Å². The van der Waals surface area contributed by atoms with E-state index >= 15 is 0 Å². The van der Waals surface area contributed by atoms with Gasteiger partial charge < -0.3 is 0 Å². The van der Waals surface area contributed by atoms with Crippen molar-refractivity contribution in [1.82, 2.24) is 4.31 Å². The monoisotopic (exact) mass is 333 g/mol. The highest BCUT2D eigenvalue weighted by Gasteiger charge is 2.41. The van der Waals surface area contributed by atoms with E-state index in [1.165, 1.54) is 0 Å². The fourth-order valence-electron chi connectivity index (χ4n) is 3.12. The van der Waals surface area contributed by atoms with Gasteiger partial charge in [-0.1, -0.05) is 62.1 Å². The molecule has 0 radical (unpaired) electrons. The third-order valence-corrected chi connectivity index (χ3v) is 6.51. The van der Waals surface area contributed by atoms with Gasteiger partial charge in [0.2, 0.25) is 10.0 Å². The number of hydrogen-bond acceptors (Lipinski definition) is 2. The standard InChI is InChI=1S/C19H27NO2S/c1-5-7-8-9-19-16(4)17(6-2)14-20(19)23(21,22)18-12-10-15(3)11-13-18/h6,10-13,17,19H,2,4-5,7-9,14H2,1,3H3. The highest BCUT2D eigenvalue weighted by atomic mass is 32.2. The fourth-order valence-corrected chi connectivity index (χ4v) is 4.81. The molecule has 1 aromatic carbocycles. The number of unbranched alkanes of at least 4 members (excludes halogenated alkanes) is 2. The Hall–Kier alpha value is -1.39. The van der Waals surface area contributed by atoms with Crippen LogP contribution in [0.15, 0.2) is 54.0 Å². The maximum absolute atomic E-state index is 13.0. The van der Waals surface area contributed by atoms with E-state index in [1.807, 2.05) is 25.1 Å². The topological polar surface area (TPSA) is 37.4 Å². The van der Waals surface area contributed by atoms with Gasteiger partial charge in [0.05, 0.1) is 4.90 Å². The Morgan fingerprint density at radius 1 is 1.26 bits per heavy atom. The lowest BCUT2D eigenvalue weighted by atomic mass is 9.96. The molecule has 4 heteroatoms. The minimum absolute atomic E-state index is 0.0434. The first-order valence-electron chi connectivity index (χ1n) is 8.31. The Labute approximate surface area is 140 Å². The number of benzene rings is 1. The molecule has 0 amide bonds. The van der Waals surface area contributed by atoms with E-state index in [0.29, 0.717) is 11.4 Å². The van der Waals surface area contributed by atoms with Gasteiger partial charge in [0.15, 0.2) is 0 Å². The minimum Gasteiger partial charge on any atom is -0.207 e. The summed E-state index contributed by atoms with van der Waals surface area (Å²) in [5.41, 5.74) is 2.03. The summed E-state index contributed by atoms with van der Waals surface area (Å²) in [6.07, 6.45) is 5.90. The molecule has 1 aliphatic rings. The molecule has 1 heterocycles. The van der Waals surface area contributed by atoms with Crippen LogP contribution in [0.1, 0.15) is 38.2 Å². The fraction of sp³-hybridized carbons (Fsp3) is 0.474.